The van der Waals surface area contributed by atoms with E-state index < -0.39 is 5.97 Å². The lowest BCUT2D eigenvalue weighted by atomic mass is 9.86. The quantitative estimate of drug-likeness (QED) is 0.852. The summed E-state index contributed by atoms with van der Waals surface area (Å²) in [6.07, 6.45) is 7.89. The zero-order chi connectivity index (χ0) is 13.5. The summed E-state index contributed by atoms with van der Waals surface area (Å²) < 4.78 is 0. The Kier molecular flexibility index (Phi) is 2.84. The molecule has 1 aliphatic carbocycles. The van der Waals surface area contributed by atoms with E-state index in [4.69, 9.17) is 10.8 Å². The van der Waals surface area contributed by atoms with Gasteiger partial charge in [-0.2, -0.15) is 0 Å². The van der Waals surface area contributed by atoms with E-state index in [1.807, 2.05) is 0 Å². The van der Waals surface area contributed by atoms with Gasteiger partial charge in [0.15, 0.2) is 0 Å². The normalized spacial score (nSPS) is 21.2. The highest BCUT2D eigenvalue weighted by Crippen LogP contribution is 2.46. The molecule has 5 heteroatoms. The van der Waals surface area contributed by atoms with Gasteiger partial charge < -0.3 is 15.7 Å². The lowest BCUT2D eigenvalue weighted by Crippen LogP contribution is -2.25. The Balaban J connectivity index is 1.83. The highest BCUT2D eigenvalue weighted by molar-refractivity contribution is 5.94. The van der Waals surface area contributed by atoms with Gasteiger partial charge in [-0.3, -0.25) is 0 Å². The Morgan fingerprint density at radius 3 is 2.79 bits per heavy atom. The van der Waals surface area contributed by atoms with Crippen molar-refractivity contribution in [3.05, 3.63) is 17.8 Å². The number of carboxylic acids is 1. The summed E-state index contributed by atoms with van der Waals surface area (Å²) in [5.74, 6) is -0.244. The first-order valence-corrected chi connectivity index (χ1v) is 6.83. The van der Waals surface area contributed by atoms with Crippen LogP contribution in [0.15, 0.2) is 12.3 Å². The molecule has 3 N–H and O–H groups in total. The topological polar surface area (TPSA) is 79.5 Å². The van der Waals surface area contributed by atoms with Gasteiger partial charge >= 0.3 is 5.97 Å². The van der Waals surface area contributed by atoms with Crippen molar-refractivity contribution in [2.75, 3.05) is 23.7 Å². The maximum Gasteiger partial charge on any atom is 0.337 e. The third-order valence-electron chi connectivity index (χ3n) is 4.58. The molecule has 2 heterocycles. The summed E-state index contributed by atoms with van der Waals surface area (Å²) in [6, 6.07) is 1.60. The molecule has 2 aliphatic rings. The van der Waals surface area contributed by atoms with E-state index in [9.17, 15) is 4.79 Å². The minimum atomic E-state index is -0.990. The second-order valence-corrected chi connectivity index (χ2v) is 5.81. The first-order valence-electron chi connectivity index (χ1n) is 6.83. The van der Waals surface area contributed by atoms with Crippen LogP contribution in [0.5, 0.6) is 0 Å². The maximum absolute atomic E-state index is 11.1. The molecule has 2 fully saturated rings. The number of rotatable bonds is 2. The van der Waals surface area contributed by atoms with Gasteiger partial charge in [-0.1, -0.05) is 12.8 Å². The molecule has 5 nitrogen and oxygen atoms in total. The standard InChI is InChI=1S/C14H19N3O2/c15-11-8-16-12(7-10(11)13(18)19)17-6-5-14(9-17)3-1-2-4-14/h7-8H,1-6,9,15H2,(H,18,19). The molecular weight excluding hydrogens is 242 g/mol. The number of hydrogen-bond donors (Lipinski definition) is 2. The predicted molar refractivity (Wildman–Crippen MR) is 73.3 cm³/mol. The van der Waals surface area contributed by atoms with E-state index in [1.165, 1.54) is 38.3 Å². The zero-order valence-corrected chi connectivity index (χ0v) is 10.9. The van der Waals surface area contributed by atoms with Crippen LogP contribution in [0.25, 0.3) is 0 Å². The van der Waals surface area contributed by atoms with Crippen LogP contribution in [-0.2, 0) is 0 Å². The summed E-state index contributed by atoms with van der Waals surface area (Å²) >= 11 is 0. The number of aromatic carboxylic acids is 1. The summed E-state index contributed by atoms with van der Waals surface area (Å²) in [7, 11) is 0. The third kappa shape index (κ3) is 2.13. The monoisotopic (exact) mass is 261 g/mol. The van der Waals surface area contributed by atoms with E-state index in [0.717, 1.165) is 18.9 Å². The summed E-state index contributed by atoms with van der Waals surface area (Å²) in [6.45, 7) is 1.97. The second-order valence-electron chi connectivity index (χ2n) is 5.81. The van der Waals surface area contributed by atoms with Crippen molar-refractivity contribution in [1.29, 1.82) is 0 Å². The molecule has 0 bridgehead atoms. The average Bonchev–Trinajstić information content (AvgIpc) is 3.01. The van der Waals surface area contributed by atoms with E-state index in [0.29, 0.717) is 5.41 Å². The third-order valence-corrected chi connectivity index (χ3v) is 4.58. The molecule has 0 atom stereocenters. The van der Waals surface area contributed by atoms with E-state index in [1.54, 1.807) is 6.07 Å². The molecule has 1 aliphatic heterocycles. The maximum atomic E-state index is 11.1. The van der Waals surface area contributed by atoms with Gasteiger partial charge in [-0.25, -0.2) is 9.78 Å². The smallest absolute Gasteiger partial charge is 0.337 e. The molecule has 0 amide bonds. The number of hydrogen-bond acceptors (Lipinski definition) is 4. The predicted octanol–water partition coefficient (Wildman–Crippen LogP) is 2.13. The molecule has 0 radical (unpaired) electrons. The Labute approximate surface area is 112 Å². The Morgan fingerprint density at radius 1 is 1.37 bits per heavy atom. The molecule has 1 spiro atoms. The van der Waals surface area contributed by atoms with Gasteiger partial charge in [0.05, 0.1) is 17.4 Å². The summed E-state index contributed by atoms with van der Waals surface area (Å²) in [5, 5.41) is 9.11. The fourth-order valence-electron chi connectivity index (χ4n) is 3.48. The number of nitrogen functional groups attached to an aromatic ring is 1. The van der Waals surface area contributed by atoms with Crippen molar-refractivity contribution in [3.8, 4) is 0 Å². The zero-order valence-electron chi connectivity index (χ0n) is 10.9. The van der Waals surface area contributed by atoms with Crippen LogP contribution in [0.1, 0.15) is 42.5 Å². The number of anilines is 2. The molecule has 1 saturated carbocycles. The van der Waals surface area contributed by atoms with Gasteiger partial charge in [0, 0.05) is 13.1 Å². The Bertz CT molecular complexity index is 509. The Morgan fingerprint density at radius 2 is 2.11 bits per heavy atom. The van der Waals surface area contributed by atoms with Gasteiger partial charge in [-0.15, -0.1) is 0 Å². The van der Waals surface area contributed by atoms with Crippen LogP contribution in [0, 0.1) is 5.41 Å². The van der Waals surface area contributed by atoms with E-state index >= 15 is 0 Å². The SMILES string of the molecule is Nc1cnc(N2CCC3(CCCC3)C2)cc1C(=O)O. The lowest BCUT2D eigenvalue weighted by molar-refractivity contribution is 0.0698. The van der Waals surface area contributed by atoms with Crippen molar-refractivity contribution in [2.24, 2.45) is 5.41 Å². The molecule has 3 rings (SSSR count). The van der Waals surface area contributed by atoms with Gasteiger partial charge in [0.1, 0.15) is 5.82 Å². The largest absolute Gasteiger partial charge is 0.478 e. The van der Waals surface area contributed by atoms with Crippen LogP contribution in [0.4, 0.5) is 11.5 Å². The van der Waals surface area contributed by atoms with Crippen LogP contribution in [-0.4, -0.2) is 29.1 Å². The van der Waals surface area contributed by atoms with Crippen LogP contribution in [0.2, 0.25) is 0 Å². The van der Waals surface area contributed by atoms with Crippen LogP contribution < -0.4 is 10.6 Å². The first-order chi connectivity index (χ1) is 9.10. The molecule has 102 valence electrons. The van der Waals surface area contributed by atoms with Crippen LogP contribution >= 0.6 is 0 Å². The molecule has 1 saturated heterocycles. The highest BCUT2D eigenvalue weighted by Gasteiger charge is 2.40. The van der Waals surface area contributed by atoms with E-state index in [2.05, 4.69) is 9.88 Å². The first kappa shape index (κ1) is 12.3. The lowest BCUT2D eigenvalue weighted by Gasteiger charge is -2.24. The number of carbonyl (C=O) groups is 1. The molecule has 1 aromatic heterocycles. The molecule has 1 aromatic rings. The van der Waals surface area contributed by atoms with Crippen molar-refractivity contribution in [2.45, 2.75) is 32.1 Å². The average molecular weight is 261 g/mol. The van der Waals surface area contributed by atoms with Crippen molar-refractivity contribution in [3.63, 3.8) is 0 Å². The minimum Gasteiger partial charge on any atom is -0.478 e. The van der Waals surface area contributed by atoms with E-state index in [-0.39, 0.29) is 11.3 Å². The minimum absolute atomic E-state index is 0.150. The van der Waals surface area contributed by atoms with Gasteiger partial charge in [-0.05, 0) is 30.7 Å². The number of aromatic nitrogens is 1. The van der Waals surface area contributed by atoms with Crippen molar-refractivity contribution >= 4 is 17.5 Å². The highest BCUT2D eigenvalue weighted by atomic mass is 16.4. The van der Waals surface area contributed by atoms with Crippen molar-refractivity contribution in [1.82, 2.24) is 4.98 Å². The molecular formula is C14H19N3O2. The fraction of sp³-hybridized carbons (Fsp3) is 0.571. The van der Waals surface area contributed by atoms with Gasteiger partial charge in [0.2, 0.25) is 0 Å². The fourth-order valence-corrected chi connectivity index (χ4v) is 3.48. The number of nitrogens with two attached hydrogens (primary N) is 1. The number of carboxylic acid groups (broad SMARTS) is 1. The summed E-state index contributed by atoms with van der Waals surface area (Å²) in [5.41, 5.74) is 6.47. The molecule has 0 aromatic carbocycles. The summed E-state index contributed by atoms with van der Waals surface area (Å²) in [4.78, 5) is 17.6. The molecule has 19 heavy (non-hydrogen) atoms. The van der Waals surface area contributed by atoms with Crippen LogP contribution in [0.3, 0.4) is 0 Å². The van der Waals surface area contributed by atoms with Crippen molar-refractivity contribution < 1.29 is 9.90 Å². The van der Waals surface area contributed by atoms with Gasteiger partial charge in [0.25, 0.3) is 0 Å². The Hall–Kier alpha value is -1.78. The second kappa shape index (κ2) is 4.40. The number of pyridine rings is 1. The molecule has 0 unspecified atom stereocenters. The number of nitrogens with zero attached hydrogens (tertiary/aromatic N) is 2.